The fourth-order valence-corrected chi connectivity index (χ4v) is 2.33. The lowest BCUT2D eigenvalue weighted by Gasteiger charge is -2.15. The average Bonchev–Trinajstić information content (AvgIpc) is 2.80. The molecule has 5 heteroatoms. The van der Waals surface area contributed by atoms with Crippen LogP contribution in [0.3, 0.4) is 0 Å². The van der Waals surface area contributed by atoms with Gasteiger partial charge in [-0.3, -0.25) is 9.59 Å². The first-order valence-corrected chi connectivity index (χ1v) is 6.89. The smallest absolute Gasteiger partial charge is 0.320 e. The van der Waals surface area contributed by atoms with Gasteiger partial charge in [-0.25, -0.2) is 0 Å². The van der Waals surface area contributed by atoms with Gasteiger partial charge in [0, 0.05) is 19.0 Å². The number of carboxylic acid groups (broad SMARTS) is 1. The molecule has 0 heterocycles. The molecule has 1 rings (SSSR count). The van der Waals surface area contributed by atoms with E-state index in [0.29, 0.717) is 25.4 Å². The Morgan fingerprint density at radius 1 is 1.33 bits per heavy atom. The molecule has 0 aromatic rings. The highest BCUT2D eigenvalue weighted by atomic mass is 16.4. The number of aliphatic carboxylic acids is 1. The van der Waals surface area contributed by atoms with Crippen molar-refractivity contribution in [1.29, 1.82) is 0 Å². The zero-order valence-electron chi connectivity index (χ0n) is 11.1. The third-order valence-electron chi connectivity index (χ3n) is 3.34. The van der Waals surface area contributed by atoms with Crippen LogP contribution in [-0.2, 0) is 9.59 Å². The van der Waals surface area contributed by atoms with Crippen molar-refractivity contribution in [3.05, 3.63) is 0 Å². The summed E-state index contributed by atoms with van der Waals surface area (Å²) in [5.41, 5.74) is 0. The Labute approximate surface area is 108 Å². The van der Waals surface area contributed by atoms with Gasteiger partial charge in [-0.2, -0.15) is 0 Å². The molecule has 5 nitrogen and oxygen atoms in total. The average molecular weight is 256 g/mol. The molecule has 3 N–H and O–H groups in total. The van der Waals surface area contributed by atoms with Crippen LogP contribution in [0.15, 0.2) is 0 Å². The fourth-order valence-electron chi connectivity index (χ4n) is 2.33. The van der Waals surface area contributed by atoms with Crippen molar-refractivity contribution < 1.29 is 14.7 Å². The molecule has 0 spiro atoms. The molecule has 1 fully saturated rings. The van der Waals surface area contributed by atoms with Crippen molar-refractivity contribution in [3.63, 3.8) is 0 Å². The summed E-state index contributed by atoms with van der Waals surface area (Å²) in [7, 11) is 0. The summed E-state index contributed by atoms with van der Waals surface area (Å²) >= 11 is 0. The van der Waals surface area contributed by atoms with Gasteiger partial charge < -0.3 is 15.7 Å². The Balaban J connectivity index is 2.14. The molecule has 104 valence electrons. The second-order valence-electron chi connectivity index (χ2n) is 4.93. The minimum atomic E-state index is -0.840. The van der Waals surface area contributed by atoms with Gasteiger partial charge >= 0.3 is 5.97 Å². The van der Waals surface area contributed by atoms with Crippen LogP contribution >= 0.6 is 0 Å². The Bertz CT molecular complexity index is 275. The quantitative estimate of drug-likeness (QED) is 0.611. The maximum absolute atomic E-state index is 11.6. The maximum atomic E-state index is 11.6. The number of carbonyl (C=O) groups is 2. The largest absolute Gasteiger partial charge is 0.480 e. The summed E-state index contributed by atoms with van der Waals surface area (Å²) in [6.45, 7) is 2.37. The zero-order chi connectivity index (χ0) is 13.4. The topological polar surface area (TPSA) is 78.4 Å². The standard InChI is InChI=1S/C13H24N2O3/c1-2-5-11(13(17)18)14-9-8-12(16)15-10-6-3-4-7-10/h10-11,14H,2-9H2,1H3,(H,15,16)(H,17,18). The van der Waals surface area contributed by atoms with Gasteiger partial charge in [0.15, 0.2) is 0 Å². The molecule has 0 aromatic carbocycles. The number of amides is 1. The highest BCUT2D eigenvalue weighted by Gasteiger charge is 2.18. The van der Waals surface area contributed by atoms with Gasteiger partial charge in [0.25, 0.3) is 0 Å². The van der Waals surface area contributed by atoms with Crippen LogP contribution in [0, 0.1) is 0 Å². The van der Waals surface area contributed by atoms with E-state index in [1.54, 1.807) is 0 Å². The first-order chi connectivity index (χ1) is 8.63. The third-order valence-corrected chi connectivity index (χ3v) is 3.34. The molecule has 1 atom stereocenters. The van der Waals surface area contributed by atoms with Crippen molar-refractivity contribution in [1.82, 2.24) is 10.6 Å². The van der Waals surface area contributed by atoms with E-state index < -0.39 is 12.0 Å². The van der Waals surface area contributed by atoms with Crippen LogP contribution in [0.4, 0.5) is 0 Å². The number of nitrogens with one attached hydrogen (secondary N) is 2. The molecule has 0 radical (unpaired) electrons. The van der Waals surface area contributed by atoms with Crippen LogP contribution in [0.25, 0.3) is 0 Å². The molecule has 0 saturated heterocycles. The Morgan fingerprint density at radius 3 is 2.56 bits per heavy atom. The van der Waals surface area contributed by atoms with Gasteiger partial charge in [-0.1, -0.05) is 26.2 Å². The molecule has 1 unspecified atom stereocenters. The number of rotatable bonds is 8. The van der Waals surface area contributed by atoms with Gasteiger partial charge in [0.1, 0.15) is 6.04 Å². The van der Waals surface area contributed by atoms with Crippen molar-refractivity contribution in [3.8, 4) is 0 Å². The van der Waals surface area contributed by atoms with E-state index in [1.807, 2.05) is 6.92 Å². The molecular weight excluding hydrogens is 232 g/mol. The molecule has 0 bridgehead atoms. The van der Waals surface area contributed by atoms with Crippen molar-refractivity contribution in [2.75, 3.05) is 6.54 Å². The summed E-state index contributed by atoms with van der Waals surface area (Å²) in [4.78, 5) is 22.5. The predicted molar refractivity (Wildman–Crippen MR) is 69.4 cm³/mol. The third kappa shape index (κ3) is 5.49. The molecule has 0 aromatic heterocycles. The van der Waals surface area contributed by atoms with E-state index in [-0.39, 0.29) is 5.91 Å². The minimum Gasteiger partial charge on any atom is -0.480 e. The maximum Gasteiger partial charge on any atom is 0.320 e. The highest BCUT2D eigenvalue weighted by molar-refractivity contribution is 5.77. The van der Waals surface area contributed by atoms with E-state index in [2.05, 4.69) is 10.6 Å². The summed E-state index contributed by atoms with van der Waals surface area (Å²) in [5, 5.41) is 14.8. The molecule has 1 aliphatic carbocycles. The van der Waals surface area contributed by atoms with Gasteiger partial charge in [0.05, 0.1) is 0 Å². The van der Waals surface area contributed by atoms with Gasteiger partial charge in [-0.05, 0) is 19.3 Å². The second-order valence-corrected chi connectivity index (χ2v) is 4.93. The van der Waals surface area contributed by atoms with Crippen molar-refractivity contribution in [2.45, 2.75) is 64.0 Å². The van der Waals surface area contributed by atoms with Gasteiger partial charge in [-0.15, -0.1) is 0 Å². The van der Waals surface area contributed by atoms with Crippen LogP contribution < -0.4 is 10.6 Å². The minimum absolute atomic E-state index is 0.0232. The van der Waals surface area contributed by atoms with E-state index in [0.717, 1.165) is 19.3 Å². The molecule has 18 heavy (non-hydrogen) atoms. The van der Waals surface area contributed by atoms with Crippen molar-refractivity contribution in [2.24, 2.45) is 0 Å². The van der Waals surface area contributed by atoms with E-state index >= 15 is 0 Å². The number of carbonyl (C=O) groups excluding carboxylic acids is 1. The predicted octanol–water partition coefficient (Wildman–Crippen LogP) is 1.28. The Kier molecular flexibility index (Phi) is 6.72. The summed E-state index contributed by atoms with van der Waals surface area (Å²) < 4.78 is 0. The Hall–Kier alpha value is -1.10. The summed E-state index contributed by atoms with van der Waals surface area (Å²) in [5.74, 6) is -0.817. The summed E-state index contributed by atoms with van der Waals surface area (Å²) in [6.07, 6.45) is 6.31. The lowest BCUT2D eigenvalue weighted by Crippen LogP contribution is -2.40. The number of carboxylic acids is 1. The van der Waals surface area contributed by atoms with Crippen molar-refractivity contribution >= 4 is 11.9 Å². The molecular formula is C13H24N2O3. The van der Waals surface area contributed by atoms with Gasteiger partial charge in [0.2, 0.25) is 5.91 Å². The van der Waals surface area contributed by atoms with E-state index in [4.69, 9.17) is 5.11 Å². The number of hydrogen-bond acceptors (Lipinski definition) is 3. The SMILES string of the molecule is CCCC(NCCC(=O)NC1CCCC1)C(=O)O. The van der Waals surface area contributed by atoms with E-state index in [1.165, 1.54) is 12.8 Å². The monoisotopic (exact) mass is 256 g/mol. The molecule has 1 amide bonds. The van der Waals surface area contributed by atoms with Crippen LogP contribution in [0.2, 0.25) is 0 Å². The Morgan fingerprint density at radius 2 is 2.00 bits per heavy atom. The summed E-state index contributed by atoms with van der Waals surface area (Å²) in [6, 6.07) is -0.197. The highest BCUT2D eigenvalue weighted by Crippen LogP contribution is 2.17. The normalized spacial score (nSPS) is 17.6. The van der Waals surface area contributed by atoms with Crippen LogP contribution in [0.5, 0.6) is 0 Å². The number of hydrogen-bond donors (Lipinski definition) is 3. The first kappa shape index (κ1) is 15.0. The first-order valence-electron chi connectivity index (χ1n) is 6.89. The zero-order valence-corrected chi connectivity index (χ0v) is 11.1. The van der Waals surface area contributed by atoms with E-state index in [9.17, 15) is 9.59 Å². The van der Waals surface area contributed by atoms with Crippen LogP contribution in [0.1, 0.15) is 51.9 Å². The fraction of sp³-hybridized carbons (Fsp3) is 0.846. The second kappa shape index (κ2) is 8.08. The lowest BCUT2D eigenvalue weighted by atomic mass is 10.1. The molecule has 1 saturated carbocycles. The lowest BCUT2D eigenvalue weighted by molar-refractivity contribution is -0.139. The molecule has 1 aliphatic rings. The molecule has 0 aliphatic heterocycles. The van der Waals surface area contributed by atoms with Crippen LogP contribution in [-0.4, -0.2) is 35.6 Å².